The smallest absolute Gasteiger partial charge is 0.247 e. The number of ether oxygens (including phenoxy) is 5. The van der Waals surface area contributed by atoms with Gasteiger partial charge >= 0.3 is 0 Å². The van der Waals surface area contributed by atoms with Crippen molar-refractivity contribution < 1.29 is 57.7 Å². The van der Waals surface area contributed by atoms with Gasteiger partial charge in [-0.1, -0.05) is 23.7 Å². The van der Waals surface area contributed by atoms with Gasteiger partial charge in [0.2, 0.25) is 12.2 Å². The van der Waals surface area contributed by atoms with E-state index in [9.17, 15) is 34.0 Å². The second-order valence-corrected chi connectivity index (χ2v) is 11.5. The van der Waals surface area contributed by atoms with Gasteiger partial charge in [-0.3, -0.25) is 4.79 Å². The Bertz CT molecular complexity index is 1440. The molecule has 2 saturated heterocycles. The SMILES string of the molecule is C/C(=C/COc1cccc(Cl)c1)[C@H]1O[C@@H](Oc2ccc(/C=C(\C)C(=O)N[C@@H]3[C@H](O)[C@@H](O)[C@H]4OCO[C@H]4[C@@H]3O)cc2F)[C@H](F)[C@@H]1O. The molecule has 11 nitrogen and oxygen atoms in total. The van der Waals surface area contributed by atoms with Crippen molar-refractivity contribution >= 4 is 23.6 Å². The number of rotatable bonds is 9. The number of amides is 1. The van der Waals surface area contributed by atoms with Crippen LogP contribution < -0.4 is 14.8 Å². The van der Waals surface area contributed by atoms with Crippen molar-refractivity contribution in [3.05, 3.63) is 76.1 Å². The monoisotopic (exact) mass is 653 g/mol. The quantitative estimate of drug-likeness (QED) is 0.201. The molecule has 2 aromatic rings. The molecule has 0 unspecified atom stereocenters. The van der Waals surface area contributed by atoms with Gasteiger partial charge in [0, 0.05) is 10.6 Å². The van der Waals surface area contributed by atoms with Gasteiger partial charge in [-0.2, -0.15) is 0 Å². The maximum atomic E-state index is 15.0. The van der Waals surface area contributed by atoms with Crippen LogP contribution >= 0.6 is 11.6 Å². The molecular weight excluding hydrogens is 620 g/mol. The van der Waals surface area contributed by atoms with Crippen LogP contribution in [0.5, 0.6) is 11.5 Å². The first-order valence-electron chi connectivity index (χ1n) is 14.2. The van der Waals surface area contributed by atoms with Crippen LogP contribution in [0.4, 0.5) is 8.78 Å². The number of aliphatic hydroxyl groups excluding tert-OH is 4. The highest BCUT2D eigenvalue weighted by molar-refractivity contribution is 6.30. The zero-order valence-electron chi connectivity index (χ0n) is 24.3. The molecule has 244 valence electrons. The Balaban J connectivity index is 1.18. The van der Waals surface area contributed by atoms with E-state index < -0.39 is 73.0 Å². The van der Waals surface area contributed by atoms with Crippen molar-refractivity contribution in [1.29, 1.82) is 0 Å². The van der Waals surface area contributed by atoms with E-state index in [4.69, 9.17) is 35.3 Å². The minimum atomic E-state index is -1.97. The summed E-state index contributed by atoms with van der Waals surface area (Å²) in [5.74, 6) is -1.37. The zero-order chi connectivity index (χ0) is 32.4. The van der Waals surface area contributed by atoms with E-state index in [0.717, 1.165) is 6.07 Å². The largest absolute Gasteiger partial charge is 0.489 e. The van der Waals surface area contributed by atoms with Crippen molar-refractivity contribution in [1.82, 2.24) is 5.32 Å². The van der Waals surface area contributed by atoms with Crippen LogP contribution in [-0.4, -0.2) is 101 Å². The van der Waals surface area contributed by atoms with Crippen LogP contribution in [0.1, 0.15) is 19.4 Å². The Morgan fingerprint density at radius 3 is 2.49 bits per heavy atom. The summed E-state index contributed by atoms with van der Waals surface area (Å²) >= 11 is 5.94. The van der Waals surface area contributed by atoms with Crippen LogP contribution in [0.25, 0.3) is 6.08 Å². The third kappa shape index (κ3) is 7.31. The highest BCUT2D eigenvalue weighted by Gasteiger charge is 2.53. The summed E-state index contributed by atoms with van der Waals surface area (Å²) in [6, 6.07) is 9.25. The summed E-state index contributed by atoms with van der Waals surface area (Å²) in [6.45, 7) is 3.01. The fourth-order valence-corrected chi connectivity index (χ4v) is 5.58. The predicted molar refractivity (Wildman–Crippen MR) is 156 cm³/mol. The highest BCUT2D eigenvalue weighted by Crippen LogP contribution is 2.33. The molecule has 2 aromatic carbocycles. The molecule has 1 aliphatic carbocycles. The number of alkyl halides is 1. The number of halogens is 3. The highest BCUT2D eigenvalue weighted by atomic mass is 35.5. The number of fused-ring (bicyclic) bond motifs is 1. The number of hydrogen-bond donors (Lipinski definition) is 5. The summed E-state index contributed by atoms with van der Waals surface area (Å²) < 4.78 is 57.0. The number of nitrogens with one attached hydrogen (secondary N) is 1. The number of benzene rings is 2. The summed E-state index contributed by atoms with van der Waals surface area (Å²) in [5.41, 5.74) is 0.836. The van der Waals surface area contributed by atoms with Crippen LogP contribution in [0, 0.1) is 5.82 Å². The molecule has 45 heavy (non-hydrogen) atoms. The Hall–Kier alpha value is -3.14. The lowest BCUT2D eigenvalue weighted by Crippen LogP contribution is -2.67. The van der Waals surface area contributed by atoms with E-state index in [2.05, 4.69) is 5.32 Å². The van der Waals surface area contributed by atoms with Crippen molar-refractivity contribution in [3.63, 3.8) is 0 Å². The molecule has 2 heterocycles. The molecular formula is C31H34ClF2NO10. The van der Waals surface area contributed by atoms with E-state index in [-0.39, 0.29) is 30.3 Å². The molecule has 5 N–H and O–H groups in total. The average Bonchev–Trinajstić information content (AvgIpc) is 3.61. The first-order chi connectivity index (χ1) is 21.4. The molecule has 3 aliphatic rings. The lowest BCUT2D eigenvalue weighted by atomic mass is 9.83. The van der Waals surface area contributed by atoms with Gasteiger partial charge < -0.3 is 49.4 Å². The number of aliphatic hydroxyl groups is 4. The summed E-state index contributed by atoms with van der Waals surface area (Å²) in [4.78, 5) is 12.8. The molecule has 1 saturated carbocycles. The maximum absolute atomic E-state index is 15.0. The Morgan fingerprint density at radius 2 is 1.78 bits per heavy atom. The fraction of sp³-hybridized carbons (Fsp3) is 0.452. The molecule has 10 atom stereocenters. The third-order valence-corrected chi connectivity index (χ3v) is 8.15. The predicted octanol–water partition coefficient (Wildman–Crippen LogP) is 2.03. The standard InChI is InChI=1S/C31H34ClF2NO10/c1-14(8-9-41-18-5-3-4-17(32)12-18)27-23(36)21(34)31(45-27)44-20-7-6-16(11-19(20)33)10-15(2)30(40)35-22-24(37)26(39)29-28(25(22)38)42-13-43-29/h3-8,10-12,21-29,31,36-39H,9,13H2,1-2H3,(H,35,40)/b14-8-,15-10+/t21-,22-,23+,24+,25-,26-,27-,28+,29-,31-/m1/s1. The molecule has 5 rings (SSSR count). The van der Waals surface area contributed by atoms with Gasteiger partial charge in [0.15, 0.2) is 17.7 Å². The summed E-state index contributed by atoms with van der Waals surface area (Å²) in [7, 11) is 0. The van der Waals surface area contributed by atoms with Crippen molar-refractivity contribution in [2.75, 3.05) is 13.4 Å². The van der Waals surface area contributed by atoms with E-state index >= 15 is 0 Å². The topological polar surface area (TPSA) is 156 Å². The Labute approximate surface area is 262 Å². The van der Waals surface area contributed by atoms with Gasteiger partial charge in [-0.05, 0) is 67.5 Å². The lowest BCUT2D eigenvalue weighted by molar-refractivity contribution is -0.155. The molecule has 0 radical (unpaired) electrons. The van der Waals surface area contributed by atoms with Crippen LogP contribution in [0.2, 0.25) is 5.02 Å². The minimum Gasteiger partial charge on any atom is -0.489 e. The zero-order valence-corrected chi connectivity index (χ0v) is 25.0. The molecule has 1 amide bonds. The van der Waals surface area contributed by atoms with Gasteiger partial charge in [0.05, 0.1) is 6.04 Å². The molecule has 0 aromatic heterocycles. The Morgan fingerprint density at radius 1 is 1.04 bits per heavy atom. The average molecular weight is 654 g/mol. The second kappa shape index (κ2) is 14.1. The Kier molecular flexibility index (Phi) is 10.4. The van der Waals surface area contributed by atoms with Gasteiger partial charge in [0.25, 0.3) is 0 Å². The molecule has 14 heteroatoms. The van der Waals surface area contributed by atoms with Crippen LogP contribution in [0.15, 0.2) is 59.7 Å². The van der Waals surface area contributed by atoms with Crippen LogP contribution in [0.3, 0.4) is 0 Å². The van der Waals surface area contributed by atoms with Gasteiger partial charge in [-0.15, -0.1) is 0 Å². The number of carbonyl (C=O) groups is 1. The van der Waals surface area contributed by atoms with Crippen LogP contribution in [-0.2, 0) is 19.0 Å². The number of carbonyl (C=O) groups excluding carboxylic acids is 1. The molecule has 2 aliphatic heterocycles. The maximum Gasteiger partial charge on any atom is 0.247 e. The molecule has 0 spiro atoms. The third-order valence-electron chi connectivity index (χ3n) is 7.92. The van der Waals surface area contributed by atoms with Gasteiger partial charge in [-0.25, -0.2) is 8.78 Å². The van der Waals surface area contributed by atoms with E-state index in [1.54, 1.807) is 37.3 Å². The van der Waals surface area contributed by atoms with Crippen molar-refractivity contribution in [2.45, 2.75) is 75.1 Å². The normalized spacial score (nSPS) is 33.5. The number of hydrogen-bond acceptors (Lipinski definition) is 10. The minimum absolute atomic E-state index is 0.0955. The van der Waals surface area contributed by atoms with E-state index in [0.29, 0.717) is 16.3 Å². The molecule has 0 bridgehead atoms. The van der Waals surface area contributed by atoms with Crippen molar-refractivity contribution in [2.24, 2.45) is 0 Å². The lowest BCUT2D eigenvalue weighted by Gasteiger charge is -2.41. The van der Waals surface area contributed by atoms with Crippen molar-refractivity contribution in [3.8, 4) is 11.5 Å². The fourth-order valence-electron chi connectivity index (χ4n) is 5.40. The van der Waals surface area contributed by atoms with Gasteiger partial charge in [0.1, 0.15) is 61.9 Å². The second-order valence-electron chi connectivity index (χ2n) is 11.1. The molecule has 3 fully saturated rings. The first kappa shape index (κ1) is 33.2. The van der Waals surface area contributed by atoms with E-state index in [1.165, 1.54) is 25.1 Å². The first-order valence-corrected chi connectivity index (χ1v) is 14.6. The van der Waals surface area contributed by atoms with E-state index in [1.807, 2.05) is 0 Å². The summed E-state index contributed by atoms with van der Waals surface area (Å²) in [5, 5.41) is 44.7. The summed E-state index contributed by atoms with van der Waals surface area (Å²) in [6.07, 6.45) is -9.35.